The van der Waals surface area contributed by atoms with E-state index in [0.29, 0.717) is 19.8 Å². The van der Waals surface area contributed by atoms with Gasteiger partial charge in [-0.05, 0) is 145 Å². The van der Waals surface area contributed by atoms with Gasteiger partial charge in [-0.25, -0.2) is 0 Å². The molecule has 29 heteroatoms. The van der Waals surface area contributed by atoms with Crippen molar-refractivity contribution in [2.75, 3.05) is 66.4 Å². The largest absolute Gasteiger partial charge is 0.112 e. The van der Waals surface area contributed by atoms with Gasteiger partial charge in [-0.3, -0.25) is 9.59 Å². The van der Waals surface area contributed by atoms with Crippen molar-refractivity contribution in [3.63, 3.8) is 0 Å². The summed E-state index contributed by atoms with van der Waals surface area (Å²) < 4.78 is 194. The van der Waals surface area contributed by atoms with Crippen LogP contribution in [0.5, 0.6) is 0 Å². The molecule has 0 spiro atoms. The maximum atomic E-state index is 11.8. The number of halogens is 18. The Morgan fingerprint density at radius 3 is 0.773 bits per heavy atom. The molecule has 0 amide bonds. The fraction of sp³-hybridized carbons (Fsp3) is 0.441. The monoisotopic (exact) mass is 1500 g/mol. The van der Waals surface area contributed by atoms with E-state index in [1.165, 1.54) is 102 Å². The molecule has 0 radical (unpaired) electrons. The first kappa shape index (κ1) is 90.1. The molecule has 6 rings (SSSR count). The van der Waals surface area contributed by atoms with Gasteiger partial charge >= 0.3 is 111 Å². The van der Waals surface area contributed by atoms with Crippen LogP contribution in [0.3, 0.4) is 0 Å². The van der Waals surface area contributed by atoms with E-state index in [1.54, 1.807) is 7.11 Å². The number of esters is 2. The molecule has 554 valence electrons. The molecule has 0 N–H and O–H groups in total. The Morgan fingerprint density at radius 1 is 0.351 bits per heavy atom. The van der Waals surface area contributed by atoms with Crippen LogP contribution in [0.1, 0.15) is 119 Å². The molecule has 0 aromatic heterocycles. The van der Waals surface area contributed by atoms with Crippen molar-refractivity contribution in [3.8, 4) is 0 Å². The van der Waals surface area contributed by atoms with Gasteiger partial charge in [0.2, 0.25) is 0 Å². The molecular formula is C68H96F18NO5P5. The van der Waals surface area contributed by atoms with Crippen LogP contribution in [-0.2, 0) is 23.8 Å². The third-order valence-electron chi connectivity index (χ3n) is 15.1. The number of carbonyl (C=O) groups excluding carboxylic acids is 2. The van der Waals surface area contributed by atoms with Gasteiger partial charge in [0.25, 0.3) is 0 Å². The van der Waals surface area contributed by atoms with E-state index in [9.17, 15) is 85.1 Å². The first-order chi connectivity index (χ1) is 44.0. The number of hydrogen-bond donors (Lipinski definition) is 0. The van der Waals surface area contributed by atoms with E-state index < -0.39 is 38.0 Å². The molecule has 0 atom stereocenters. The molecule has 0 heterocycles. The molecule has 97 heavy (non-hydrogen) atoms. The fourth-order valence-corrected chi connectivity index (χ4v) is 18.1. The van der Waals surface area contributed by atoms with Gasteiger partial charge in [-0.1, -0.05) is 156 Å². The number of methoxy groups -OCH3 is 1. The van der Waals surface area contributed by atoms with Gasteiger partial charge in [-0.2, -0.15) is 0 Å². The van der Waals surface area contributed by atoms with Crippen LogP contribution >= 0.6 is 38.0 Å². The van der Waals surface area contributed by atoms with Crippen molar-refractivity contribution >= 4 is 81.7 Å². The van der Waals surface area contributed by atoms with E-state index in [4.69, 9.17) is 14.2 Å². The molecule has 6 aromatic rings. The van der Waals surface area contributed by atoms with Crippen LogP contribution < -0.4 is 31.8 Å². The number of quaternary nitrogens is 1. The van der Waals surface area contributed by atoms with Crippen molar-refractivity contribution < 1.29 is 104 Å². The second-order valence-electron chi connectivity index (χ2n) is 24.9. The number of rotatable bonds is 29. The van der Waals surface area contributed by atoms with Crippen molar-refractivity contribution in [2.45, 2.75) is 119 Å². The van der Waals surface area contributed by atoms with E-state index in [1.807, 2.05) is 41.5 Å². The van der Waals surface area contributed by atoms with Gasteiger partial charge in [0.1, 0.15) is 66.1 Å². The Labute approximate surface area is 561 Å². The molecule has 0 aliphatic heterocycles. The van der Waals surface area contributed by atoms with Gasteiger partial charge in [0.05, 0.1) is 50.4 Å². The quantitative estimate of drug-likeness (QED) is 0.0154. The predicted octanol–water partition coefficient (Wildman–Crippen LogP) is 24.3. The SMILES string of the molecule is CCC(C)(C)C(=O)OCCOC.CCCC[N+](C)(C)CCOC(=O)C(C)(C)CC.F[P-](F)(F)(F)(F)F.F[P-](F)(F)(F)(F)F.F[P-](F)(F)(F)(F)F.c1ccc([P+](CCCCCCCCC[P+](c2ccccc2)(c2ccccc2)c2ccccc2)(c2ccccc2)c2ccccc2)cc1. The summed E-state index contributed by atoms with van der Waals surface area (Å²) in [6.07, 6.45) is 15.6. The van der Waals surface area contributed by atoms with Crippen LogP contribution in [-0.4, -0.2) is 82.9 Å². The molecule has 0 fully saturated rings. The summed E-state index contributed by atoms with van der Waals surface area (Å²) >= 11 is 0. The first-order valence-electron chi connectivity index (χ1n) is 31.4. The summed E-state index contributed by atoms with van der Waals surface area (Å²) in [6.45, 7) is 17.2. The number of unbranched alkanes of at least 4 members (excludes halogenated alkanes) is 7. The molecule has 0 unspecified atom stereocenters. The molecule has 6 nitrogen and oxygen atoms in total. The summed E-state index contributed by atoms with van der Waals surface area (Å²) in [5, 5.41) is 9.00. The maximum Gasteiger partial charge on any atom is 0.112 e. The average molecular weight is 1500 g/mol. The maximum absolute atomic E-state index is 11.8. The molecule has 0 aliphatic carbocycles. The molecular weight excluding hydrogens is 1410 g/mol. The van der Waals surface area contributed by atoms with E-state index in [2.05, 4.69) is 203 Å². The summed E-state index contributed by atoms with van der Waals surface area (Å²) in [4.78, 5) is 23.1. The number of carbonyl (C=O) groups is 2. The molecule has 0 saturated heterocycles. The molecule has 0 aliphatic rings. The van der Waals surface area contributed by atoms with Gasteiger partial charge < -0.3 is 18.7 Å². The number of likely N-dealkylation sites (N-methyl/N-ethyl adjacent to an activating group) is 1. The van der Waals surface area contributed by atoms with E-state index >= 15 is 0 Å². The van der Waals surface area contributed by atoms with Gasteiger partial charge in [0.15, 0.2) is 0 Å². The number of ether oxygens (including phenoxy) is 3. The van der Waals surface area contributed by atoms with E-state index in [-0.39, 0.29) is 22.8 Å². The van der Waals surface area contributed by atoms with Crippen LogP contribution in [0.4, 0.5) is 75.5 Å². The minimum absolute atomic E-state index is 0.0736. The first-order valence-corrected chi connectivity index (χ1v) is 41.5. The Kier molecular flexibility index (Phi) is 32.6. The molecule has 0 saturated carbocycles. The summed E-state index contributed by atoms with van der Waals surface area (Å²) in [6, 6.07) is 68.0. The average Bonchev–Trinajstić information content (AvgIpc) is 0.765. The third-order valence-corrected chi connectivity index (χ3v) is 24.2. The predicted molar refractivity (Wildman–Crippen MR) is 372 cm³/mol. The smallest absolute Gasteiger partial charge is 0.0620 e. The summed E-state index contributed by atoms with van der Waals surface area (Å²) in [5.41, 5.74) is -0.714. The van der Waals surface area contributed by atoms with E-state index in [0.717, 1.165) is 30.4 Å². The Hall–Kier alpha value is -4.93. The fourth-order valence-electron chi connectivity index (χ4n) is 9.33. The van der Waals surface area contributed by atoms with Crippen molar-refractivity contribution in [3.05, 3.63) is 182 Å². The van der Waals surface area contributed by atoms with Crippen LogP contribution in [0, 0.1) is 10.8 Å². The zero-order valence-electron chi connectivity index (χ0n) is 56.6. The minimum atomic E-state index is -10.7. The molecule has 0 bridgehead atoms. The van der Waals surface area contributed by atoms with Crippen LogP contribution in [0.15, 0.2) is 182 Å². The van der Waals surface area contributed by atoms with Crippen LogP contribution in [0.25, 0.3) is 0 Å². The number of nitrogens with zero attached hydrogens (tertiary/aromatic N) is 1. The number of hydrogen-bond acceptors (Lipinski definition) is 5. The normalized spacial score (nSPS) is 14.3. The summed E-state index contributed by atoms with van der Waals surface area (Å²) in [5.74, 6) is -0.224. The standard InChI is InChI=1S/C45H48P2.C14H30NO2.C9H18O3.3F6P/c1(2-4-24-38-46(40-26-12-6-13-27-40,41-28-14-7-15-29-41)42-30-16-8-17-31-42)3-5-25-39-47(43-32-18-9-19-33-43,44-34-20-10-21-35-44)45-36-22-11-23-37-45;1-7-9-10-15(5,6)11-12-17-13(16)14(3,4)8-2;1-5-9(2,3)8(10)12-7-6-11-4;3*1-7(2,3,4,5)6/h6-23,26-37H,1-5,24-25,38-39H2;7-12H2,1-6H3;5-7H2,1-4H3;;;/q+2;+1;;3*-1. The van der Waals surface area contributed by atoms with Crippen molar-refractivity contribution in [1.82, 2.24) is 0 Å². The Bertz CT molecular complexity index is 2790. The van der Waals surface area contributed by atoms with Crippen molar-refractivity contribution in [2.24, 2.45) is 10.8 Å². The minimum Gasteiger partial charge on any atom is -0.0620 e. The Balaban J connectivity index is 0.000000761. The Morgan fingerprint density at radius 2 is 0.567 bits per heavy atom. The molecule has 6 aromatic carbocycles. The van der Waals surface area contributed by atoms with Crippen molar-refractivity contribution in [1.29, 1.82) is 0 Å². The van der Waals surface area contributed by atoms with Gasteiger partial charge in [0, 0.05) is 7.11 Å². The zero-order chi connectivity index (χ0) is 74.4. The topological polar surface area (TPSA) is 61.8 Å². The van der Waals surface area contributed by atoms with Crippen LogP contribution in [0.2, 0.25) is 0 Å². The summed E-state index contributed by atoms with van der Waals surface area (Å²) in [7, 11) is -29.5. The second kappa shape index (κ2) is 35.1. The zero-order valence-corrected chi connectivity index (χ0v) is 61.0. The third kappa shape index (κ3) is 44.0. The second-order valence-corrected chi connectivity index (χ2v) is 37.9. The van der Waals surface area contributed by atoms with Gasteiger partial charge in [-0.15, -0.1) is 0 Å². The number of benzene rings is 6.